The first-order valence-corrected chi connectivity index (χ1v) is 6.23. The topological polar surface area (TPSA) is 12.5 Å². The highest BCUT2D eigenvalue weighted by molar-refractivity contribution is 4.84. The van der Waals surface area contributed by atoms with E-state index in [1.807, 2.05) is 0 Å². The number of nitrogens with zero attached hydrogens (tertiary/aromatic N) is 1. The highest BCUT2D eigenvalue weighted by Gasteiger charge is 2.33. The molecule has 0 bridgehead atoms. The van der Waals surface area contributed by atoms with E-state index in [2.05, 4.69) is 46.7 Å². The van der Waals surface area contributed by atoms with Gasteiger partial charge in [0.05, 0.1) is 12.2 Å². The van der Waals surface area contributed by atoms with E-state index in [4.69, 9.17) is 4.74 Å². The summed E-state index contributed by atoms with van der Waals surface area (Å²) >= 11 is 0. The van der Waals surface area contributed by atoms with E-state index < -0.39 is 0 Å². The fraction of sp³-hybridized carbons (Fsp3) is 1.00. The van der Waals surface area contributed by atoms with E-state index >= 15 is 0 Å². The quantitative estimate of drug-likeness (QED) is 0.715. The summed E-state index contributed by atoms with van der Waals surface area (Å²) in [6.45, 7) is 9.06. The lowest BCUT2D eigenvalue weighted by molar-refractivity contribution is -0.111. The van der Waals surface area contributed by atoms with E-state index in [0.717, 1.165) is 0 Å². The SMILES string of the molecule is CC(C)[C@H]1CC(N(C)C)C[C@H](C(C)C)O1. The zero-order valence-electron chi connectivity index (χ0n) is 11.2. The van der Waals surface area contributed by atoms with Gasteiger partial charge in [-0.1, -0.05) is 27.7 Å². The average molecular weight is 213 g/mol. The van der Waals surface area contributed by atoms with Crippen LogP contribution in [0.2, 0.25) is 0 Å². The molecule has 2 atom stereocenters. The van der Waals surface area contributed by atoms with Crippen LogP contribution in [-0.4, -0.2) is 37.2 Å². The van der Waals surface area contributed by atoms with Gasteiger partial charge in [-0.05, 0) is 38.8 Å². The van der Waals surface area contributed by atoms with Gasteiger partial charge in [-0.3, -0.25) is 0 Å². The lowest BCUT2D eigenvalue weighted by atomic mass is 9.88. The monoisotopic (exact) mass is 213 g/mol. The van der Waals surface area contributed by atoms with Crippen LogP contribution in [0.4, 0.5) is 0 Å². The van der Waals surface area contributed by atoms with Gasteiger partial charge in [0.2, 0.25) is 0 Å². The summed E-state index contributed by atoms with van der Waals surface area (Å²) in [5.41, 5.74) is 0. The lowest BCUT2D eigenvalue weighted by Gasteiger charge is -2.41. The second kappa shape index (κ2) is 5.31. The molecule has 2 heteroatoms. The molecule has 90 valence electrons. The van der Waals surface area contributed by atoms with Crippen molar-refractivity contribution in [2.45, 2.75) is 58.8 Å². The van der Waals surface area contributed by atoms with Crippen molar-refractivity contribution in [1.29, 1.82) is 0 Å². The largest absolute Gasteiger partial charge is 0.374 e. The number of hydrogen-bond acceptors (Lipinski definition) is 2. The normalized spacial score (nSPS) is 33.0. The zero-order chi connectivity index (χ0) is 11.6. The predicted molar refractivity (Wildman–Crippen MR) is 65.0 cm³/mol. The summed E-state index contributed by atoms with van der Waals surface area (Å²) in [4.78, 5) is 2.35. The van der Waals surface area contributed by atoms with E-state index in [-0.39, 0.29) is 0 Å². The molecule has 1 aliphatic rings. The molecule has 0 N–H and O–H groups in total. The second-order valence-corrected chi connectivity index (χ2v) is 5.79. The molecule has 1 heterocycles. The van der Waals surface area contributed by atoms with E-state index in [1.54, 1.807) is 0 Å². The molecule has 2 nitrogen and oxygen atoms in total. The van der Waals surface area contributed by atoms with Crippen molar-refractivity contribution in [2.24, 2.45) is 11.8 Å². The Morgan fingerprint density at radius 1 is 0.933 bits per heavy atom. The van der Waals surface area contributed by atoms with Crippen LogP contribution in [0.5, 0.6) is 0 Å². The van der Waals surface area contributed by atoms with Crippen LogP contribution in [0, 0.1) is 11.8 Å². The van der Waals surface area contributed by atoms with Crippen molar-refractivity contribution >= 4 is 0 Å². The molecule has 0 aromatic carbocycles. The summed E-state index contributed by atoms with van der Waals surface area (Å²) in [6.07, 6.45) is 3.26. The first-order chi connectivity index (χ1) is 6.91. The van der Waals surface area contributed by atoms with Gasteiger partial charge < -0.3 is 9.64 Å². The molecule has 15 heavy (non-hydrogen) atoms. The molecular formula is C13H27NO. The van der Waals surface area contributed by atoms with Gasteiger partial charge >= 0.3 is 0 Å². The summed E-state index contributed by atoms with van der Waals surface area (Å²) in [6, 6.07) is 0.693. The van der Waals surface area contributed by atoms with Crippen molar-refractivity contribution in [3.63, 3.8) is 0 Å². The highest BCUT2D eigenvalue weighted by Crippen LogP contribution is 2.29. The number of rotatable bonds is 3. The summed E-state index contributed by atoms with van der Waals surface area (Å²) in [5, 5.41) is 0. The van der Waals surface area contributed by atoms with Gasteiger partial charge in [0.15, 0.2) is 0 Å². The van der Waals surface area contributed by atoms with Gasteiger partial charge in [0, 0.05) is 6.04 Å². The van der Waals surface area contributed by atoms with E-state index in [9.17, 15) is 0 Å². The van der Waals surface area contributed by atoms with E-state index in [0.29, 0.717) is 30.1 Å². The third kappa shape index (κ3) is 3.46. The van der Waals surface area contributed by atoms with Crippen LogP contribution >= 0.6 is 0 Å². The van der Waals surface area contributed by atoms with E-state index in [1.165, 1.54) is 12.8 Å². The van der Waals surface area contributed by atoms with Crippen molar-refractivity contribution in [2.75, 3.05) is 14.1 Å². The van der Waals surface area contributed by atoms with Gasteiger partial charge in [0.25, 0.3) is 0 Å². The molecule has 0 saturated carbocycles. The van der Waals surface area contributed by atoms with Crippen molar-refractivity contribution < 1.29 is 4.74 Å². The Hall–Kier alpha value is -0.0800. The second-order valence-electron chi connectivity index (χ2n) is 5.79. The summed E-state index contributed by atoms with van der Waals surface area (Å²) < 4.78 is 6.16. The Morgan fingerprint density at radius 2 is 1.33 bits per heavy atom. The Kier molecular flexibility index (Phi) is 4.60. The molecule has 0 amide bonds. The minimum Gasteiger partial charge on any atom is -0.374 e. The van der Waals surface area contributed by atoms with Crippen LogP contribution < -0.4 is 0 Å². The Bertz CT molecular complexity index is 150. The van der Waals surface area contributed by atoms with Crippen LogP contribution in [0.3, 0.4) is 0 Å². The maximum Gasteiger partial charge on any atom is 0.0616 e. The molecule has 0 radical (unpaired) electrons. The van der Waals surface area contributed by atoms with Gasteiger partial charge in [-0.15, -0.1) is 0 Å². The highest BCUT2D eigenvalue weighted by atomic mass is 16.5. The molecule has 1 rings (SSSR count). The molecule has 1 fully saturated rings. The molecule has 0 unspecified atom stereocenters. The minimum atomic E-state index is 0.443. The maximum atomic E-state index is 6.16. The predicted octanol–water partition coefficient (Wildman–Crippen LogP) is 2.78. The number of ether oxygens (including phenoxy) is 1. The van der Waals surface area contributed by atoms with Crippen LogP contribution in [0.15, 0.2) is 0 Å². The Morgan fingerprint density at radius 3 is 1.60 bits per heavy atom. The fourth-order valence-electron chi connectivity index (χ4n) is 2.25. The summed E-state index contributed by atoms with van der Waals surface area (Å²) in [7, 11) is 4.37. The third-order valence-electron chi connectivity index (χ3n) is 3.58. The van der Waals surface area contributed by atoms with Crippen LogP contribution in [0.25, 0.3) is 0 Å². The summed E-state index contributed by atoms with van der Waals surface area (Å²) in [5.74, 6) is 1.27. The molecule has 0 aromatic heterocycles. The van der Waals surface area contributed by atoms with Crippen molar-refractivity contribution in [1.82, 2.24) is 4.90 Å². The van der Waals surface area contributed by atoms with Crippen LogP contribution in [-0.2, 0) is 4.74 Å². The smallest absolute Gasteiger partial charge is 0.0616 e. The van der Waals surface area contributed by atoms with Crippen molar-refractivity contribution in [3.8, 4) is 0 Å². The molecule has 1 aliphatic heterocycles. The molecule has 1 saturated heterocycles. The molecule has 0 aliphatic carbocycles. The molecule has 0 aromatic rings. The number of hydrogen-bond donors (Lipinski definition) is 0. The van der Waals surface area contributed by atoms with Gasteiger partial charge in [-0.2, -0.15) is 0 Å². The zero-order valence-corrected chi connectivity index (χ0v) is 11.2. The average Bonchev–Trinajstić information content (AvgIpc) is 2.16. The first-order valence-electron chi connectivity index (χ1n) is 6.23. The molecular weight excluding hydrogens is 186 g/mol. The van der Waals surface area contributed by atoms with Gasteiger partial charge in [0.1, 0.15) is 0 Å². The van der Waals surface area contributed by atoms with Gasteiger partial charge in [-0.25, -0.2) is 0 Å². The fourth-order valence-corrected chi connectivity index (χ4v) is 2.25. The standard InChI is InChI=1S/C13H27NO/c1-9(2)12-7-11(14(5)6)8-13(15-12)10(3)4/h9-13H,7-8H2,1-6H3/t12-,13-/m1/s1. The first kappa shape index (κ1) is 13.0. The Labute approximate surface area is 95.0 Å². The maximum absolute atomic E-state index is 6.16. The lowest BCUT2D eigenvalue weighted by Crippen LogP contribution is -2.45. The van der Waals surface area contributed by atoms with Crippen LogP contribution in [0.1, 0.15) is 40.5 Å². The third-order valence-corrected chi connectivity index (χ3v) is 3.58. The Balaban J connectivity index is 2.64. The minimum absolute atomic E-state index is 0.443. The molecule has 0 spiro atoms. The van der Waals surface area contributed by atoms with Crippen molar-refractivity contribution in [3.05, 3.63) is 0 Å².